The number of nitrogens with one attached hydrogen (secondary N) is 3. The van der Waals surface area contributed by atoms with Gasteiger partial charge in [-0.15, -0.1) is 0 Å². The second-order valence-corrected chi connectivity index (χ2v) is 17.7. The van der Waals surface area contributed by atoms with Crippen molar-refractivity contribution in [2.45, 2.75) is 64.3 Å². The van der Waals surface area contributed by atoms with Crippen LogP contribution >= 0.6 is 11.6 Å². The molecule has 0 spiro atoms. The zero-order chi connectivity index (χ0) is 46.9. The summed E-state index contributed by atoms with van der Waals surface area (Å²) in [7, 11) is 1.54. The number of urea groups is 1. The number of methoxy groups -OCH3 is 1. The Balaban J connectivity index is 0.886. The second-order valence-electron chi connectivity index (χ2n) is 17.3. The fraction of sp³-hybridized carbons (Fsp3) is 0.320. The van der Waals surface area contributed by atoms with Gasteiger partial charge in [-0.2, -0.15) is 15.2 Å². The van der Waals surface area contributed by atoms with Crippen LogP contribution in [0.15, 0.2) is 84.9 Å². The zero-order valence-electron chi connectivity index (χ0n) is 37.2. The first-order valence-electron chi connectivity index (χ1n) is 22.3. The van der Waals surface area contributed by atoms with Crippen LogP contribution in [0, 0.1) is 18.3 Å². The number of nitrogens with zero attached hydrogens (tertiary/aromatic N) is 7. The number of imide groups is 1. The number of fused-ring (bicyclic) bond motifs is 3. The number of ketones is 1. The topological polar surface area (TPSA) is 193 Å². The van der Waals surface area contributed by atoms with Crippen LogP contribution in [0.5, 0.6) is 6.01 Å². The van der Waals surface area contributed by atoms with Gasteiger partial charge in [0.05, 0.1) is 38.4 Å². The van der Waals surface area contributed by atoms with Crippen molar-refractivity contribution in [1.29, 1.82) is 5.26 Å². The molecule has 342 valence electrons. The number of nitriles is 1. The maximum atomic E-state index is 14.5. The smallest absolute Gasteiger partial charge is 0.319 e. The van der Waals surface area contributed by atoms with E-state index in [0.29, 0.717) is 65.3 Å². The maximum Gasteiger partial charge on any atom is 0.319 e. The number of carbonyl (C=O) groups excluding carboxylic acids is 5. The molecule has 4 aromatic carbocycles. The van der Waals surface area contributed by atoms with E-state index in [9.17, 15) is 29.2 Å². The number of benzene rings is 4. The van der Waals surface area contributed by atoms with Gasteiger partial charge in [0.25, 0.3) is 11.8 Å². The van der Waals surface area contributed by atoms with Crippen LogP contribution in [0.1, 0.15) is 67.9 Å². The summed E-state index contributed by atoms with van der Waals surface area (Å²) < 4.78 is 5.57. The zero-order valence-corrected chi connectivity index (χ0v) is 38.0. The standard InChI is InChI=1S/C50H49ClN10O6/c1-29-10-12-34(23-39(29)51)55-49(66)54-24-31-11-13-36-33(22-31)26-60(47(36)64)42-14-15-43(62)61(48(42)65)25-30(2)45(63)38-8-4-6-32-7-5-9-41(44(32)38)58-20-17-37-40(28-58)56-50(67-3)57-46(37)59-21-19-53-35(27-59)16-18-52/h4-13,22-23,35,42,53H,2,14-17,19-21,24-28H2,1,3H3,(H2,54,55,66). The molecule has 3 N–H and O–H groups in total. The third kappa shape index (κ3) is 9.00. The molecule has 5 amide bonds. The van der Waals surface area contributed by atoms with Crippen molar-refractivity contribution in [2.75, 3.05) is 55.0 Å². The molecule has 67 heavy (non-hydrogen) atoms. The van der Waals surface area contributed by atoms with Crippen LogP contribution < -0.4 is 30.5 Å². The molecular weight excluding hydrogens is 872 g/mol. The van der Waals surface area contributed by atoms with Crippen LogP contribution in [0.3, 0.4) is 0 Å². The number of carbonyl (C=O) groups is 5. The van der Waals surface area contributed by atoms with Crippen LogP contribution in [-0.2, 0) is 35.6 Å². The van der Waals surface area contributed by atoms with E-state index in [1.807, 2.05) is 43.3 Å². The van der Waals surface area contributed by atoms with Gasteiger partial charge >= 0.3 is 12.0 Å². The Bertz CT molecular complexity index is 2910. The van der Waals surface area contributed by atoms with E-state index in [4.69, 9.17) is 26.3 Å². The highest BCUT2D eigenvalue weighted by atomic mass is 35.5. The quantitative estimate of drug-likeness (QED) is 0.0743. The molecule has 9 rings (SSSR count). The Morgan fingerprint density at radius 3 is 2.61 bits per heavy atom. The van der Waals surface area contributed by atoms with Crippen molar-refractivity contribution in [3.63, 3.8) is 0 Å². The second kappa shape index (κ2) is 18.9. The van der Waals surface area contributed by atoms with E-state index in [-0.39, 0.29) is 56.0 Å². The molecule has 4 aliphatic heterocycles. The fourth-order valence-electron chi connectivity index (χ4n) is 9.50. The minimum Gasteiger partial charge on any atom is -0.467 e. The minimum absolute atomic E-state index is 0.00841. The van der Waals surface area contributed by atoms with Crippen molar-refractivity contribution in [1.82, 2.24) is 30.4 Å². The summed E-state index contributed by atoms with van der Waals surface area (Å²) in [6.45, 7) is 9.12. The lowest BCUT2D eigenvalue weighted by Crippen LogP contribution is -2.55. The molecule has 2 saturated heterocycles. The largest absolute Gasteiger partial charge is 0.467 e. The van der Waals surface area contributed by atoms with Crippen molar-refractivity contribution < 1.29 is 28.7 Å². The fourth-order valence-corrected chi connectivity index (χ4v) is 9.68. The van der Waals surface area contributed by atoms with Crippen molar-refractivity contribution in [3.05, 3.63) is 129 Å². The van der Waals surface area contributed by atoms with Gasteiger partial charge in [-0.3, -0.25) is 24.1 Å². The number of anilines is 3. The highest BCUT2D eigenvalue weighted by Crippen LogP contribution is 2.37. The third-order valence-electron chi connectivity index (χ3n) is 13.0. The summed E-state index contributed by atoms with van der Waals surface area (Å²) in [5, 5.41) is 20.4. The lowest BCUT2D eigenvalue weighted by Gasteiger charge is -2.37. The first kappa shape index (κ1) is 44.8. The SMILES string of the molecule is C=C(CN1C(=O)CCC(N2Cc3cc(CNC(=O)Nc4ccc(C)c(Cl)c4)ccc3C2=O)C1=O)C(=O)c1cccc2cccc(N3CCc4c(nc(OC)nc4N4CCNC(CC#N)C4)C3)c12. The molecule has 2 fully saturated rings. The van der Waals surface area contributed by atoms with Crippen molar-refractivity contribution in [3.8, 4) is 12.1 Å². The summed E-state index contributed by atoms with van der Waals surface area (Å²) in [6, 6.07) is 23.1. The number of likely N-dealkylation sites (tertiary alicyclic amines) is 1. The maximum absolute atomic E-state index is 14.5. The Labute approximate surface area is 392 Å². The molecule has 2 atom stereocenters. The molecular formula is C50H49ClN10O6. The summed E-state index contributed by atoms with van der Waals surface area (Å²) in [4.78, 5) is 85.0. The molecule has 17 heteroatoms. The van der Waals surface area contributed by atoms with Gasteiger partial charge in [0.15, 0.2) is 5.78 Å². The normalized spacial score (nSPS) is 18.1. The Hall–Kier alpha value is -7.35. The molecule has 5 heterocycles. The third-order valence-corrected chi connectivity index (χ3v) is 13.4. The van der Waals surface area contributed by atoms with E-state index < -0.39 is 29.7 Å². The Kier molecular flexibility index (Phi) is 12.6. The summed E-state index contributed by atoms with van der Waals surface area (Å²) in [5.74, 6) is -0.932. The van der Waals surface area contributed by atoms with E-state index >= 15 is 0 Å². The van der Waals surface area contributed by atoms with Gasteiger partial charge in [0, 0.05) is 95.8 Å². The van der Waals surface area contributed by atoms with Crippen molar-refractivity contribution >= 4 is 69.1 Å². The molecule has 4 aliphatic rings. The minimum atomic E-state index is -0.922. The number of aromatic nitrogens is 2. The van der Waals surface area contributed by atoms with Gasteiger partial charge < -0.3 is 35.4 Å². The van der Waals surface area contributed by atoms with Crippen LogP contribution in [0.25, 0.3) is 10.8 Å². The average molecular weight is 921 g/mol. The van der Waals surface area contributed by atoms with Gasteiger partial charge in [0.2, 0.25) is 5.91 Å². The van der Waals surface area contributed by atoms with Gasteiger partial charge in [-0.05, 0) is 66.1 Å². The number of halogens is 1. The number of ether oxygens (including phenoxy) is 1. The van der Waals surface area contributed by atoms with Gasteiger partial charge in [-0.25, -0.2) is 4.79 Å². The number of hydrogen-bond donors (Lipinski definition) is 3. The molecule has 2 unspecified atom stereocenters. The van der Waals surface area contributed by atoms with Crippen LogP contribution in [-0.4, -0.2) is 101 Å². The van der Waals surface area contributed by atoms with E-state index in [0.717, 1.165) is 57.3 Å². The van der Waals surface area contributed by atoms with E-state index in [1.165, 1.54) is 4.90 Å². The molecule has 0 bridgehead atoms. The first-order valence-corrected chi connectivity index (χ1v) is 22.6. The predicted molar refractivity (Wildman–Crippen MR) is 253 cm³/mol. The number of rotatable bonds is 12. The summed E-state index contributed by atoms with van der Waals surface area (Å²) in [5.41, 5.74) is 6.45. The summed E-state index contributed by atoms with van der Waals surface area (Å²) in [6.07, 6.45) is 1.18. The molecule has 0 aliphatic carbocycles. The average Bonchev–Trinajstić information content (AvgIpc) is 3.66. The van der Waals surface area contributed by atoms with E-state index in [1.54, 1.807) is 43.5 Å². The highest BCUT2D eigenvalue weighted by Gasteiger charge is 2.43. The molecule has 16 nitrogen and oxygen atoms in total. The number of hydrogen-bond acceptors (Lipinski definition) is 12. The van der Waals surface area contributed by atoms with Crippen molar-refractivity contribution in [2.24, 2.45) is 0 Å². The van der Waals surface area contributed by atoms with Crippen LogP contribution in [0.4, 0.5) is 22.0 Å². The summed E-state index contributed by atoms with van der Waals surface area (Å²) >= 11 is 6.20. The molecule has 1 aromatic heterocycles. The first-order chi connectivity index (χ1) is 32.4. The highest BCUT2D eigenvalue weighted by molar-refractivity contribution is 6.31. The molecule has 5 aromatic rings. The Morgan fingerprint density at radius 2 is 1.82 bits per heavy atom. The van der Waals surface area contributed by atoms with Crippen LogP contribution in [0.2, 0.25) is 5.02 Å². The number of Topliss-reactive ketones (excluding diaryl/α,β-unsaturated/α-hetero) is 1. The predicted octanol–water partition coefficient (Wildman–Crippen LogP) is 6.09. The number of amides is 5. The van der Waals surface area contributed by atoms with E-state index in [2.05, 4.69) is 38.4 Å². The molecule has 0 saturated carbocycles. The Morgan fingerprint density at radius 1 is 1.00 bits per heavy atom. The monoisotopic (exact) mass is 920 g/mol. The van der Waals surface area contributed by atoms with Gasteiger partial charge in [-0.1, -0.05) is 66.7 Å². The number of piperidine rings is 1. The lowest BCUT2D eigenvalue weighted by molar-refractivity contribution is -0.151. The number of piperazine rings is 1. The number of aryl methyl sites for hydroxylation is 1. The van der Waals surface area contributed by atoms with Gasteiger partial charge in [0.1, 0.15) is 11.9 Å². The lowest BCUT2D eigenvalue weighted by atomic mass is 9.94. The molecule has 0 radical (unpaired) electrons.